The van der Waals surface area contributed by atoms with Gasteiger partial charge < -0.3 is 10.8 Å². The van der Waals surface area contributed by atoms with Crippen molar-refractivity contribution in [3.63, 3.8) is 0 Å². The zero-order chi connectivity index (χ0) is 14.0. The average molecular weight is 277 g/mol. The van der Waals surface area contributed by atoms with Gasteiger partial charge in [-0.3, -0.25) is 0 Å². The van der Waals surface area contributed by atoms with Crippen molar-refractivity contribution in [2.45, 2.75) is 17.6 Å². The number of rotatable bonds is 3. The van der Waals surface area contributed by atoms with Crippen molar-refractivity contribution in [2.24, 2.45) is 0 Å². The number of anilines is 1. The van der Waals surface area contributed by atoms with Gasteiger partial charge in [-0.25, -0.2) is 8.42 Å². The Morgan fingerprint density at radius 3 is 2.37 bits per heavy atom. The highest BCUT2D eigenvalue weighted by Crippen LogP contribution is 2.23. The van der Waals surface area contributed by atoms with Crippen molar-refractivity contribution in [3.05, 3.63) is 53.6 Å². The molecule has 0 aromatic heterocycles. The molecule has 0 bridgehead atoms. The first-order valence-corrected chi connectivity index (χ1v) is 7.40. The number of aryl methyl sites for hydroxylation is 1. The highest BCUT2D eigenvalue weighted by Gasteiger charge is 2.18. The zero-order valence-electron chi connectivity index (χ0n) is 10.5. The van der Waals surface area contributed by atoms with Crippen molar-refractivity contribution in [2.75, 3.05) is 5.73 Å². The molecule has 2 aromatic rings. The Hall–Kier alpha value is -2.01. The minimum atomic E-state index is -3.44. The quantitative estimate of drug-likeness (QED) is 0.843. The van der Waals surface area contributed by atoms with Gasteiger partial charge >= 0.3 is 0 Å². The Balaban J connectivity index is 2.37. The summed E-state index contributed by atoms with van der Waals surface area (Å²) in [5.41, 5.74) is 7.36. The molecule has 0 amide bonds. The molecular formula is C14H15NO3S. The van der Waals surface area contributed by atoms with Crippen molar-refractivity contribution in [1.82, 2.24) is 0 Å². The van der Waals surface area contributed by atoms with Crippen LogP contribution in [-0.4, -0.2) is 13.5 Å². The summed E-state index contributed by atoms with van der Waals surface area (Å²) in [6, 6.07) is 11.0. The van der Waals surface area contributed by atoms with Gasteiger partial charge in [-0.15, -0.1) is 0 Å². The van der Waals surface area contributed by atoms with E-state index in [4.69, 9.17) is 5.73 Å². The van der Waals surface area contributed by atoms with E-state index < -0.39 is 9.84 Å². The Kier molecular flexibility index (Phi) is 3.48. The molecule has 0 unspecified atom stereocenters. The normalized spacial score (nSPS) is 11.4. The van der Waals surface area contributed by atoms with Gasteiger partial charge in [0.2, 0.25) is 0 Å². The molecule has 19 heavy (non-hydrogen) atoms. The SMILES string of the molecule is Cc1ccc(N)cc1S(=O)(=O)Cc1ccc(O)cc1. The lowest BCUT2D eigenvalue weighted by molar-refractivity contribution is 0.475. The highest BCUT2D eigenvalue weighted by atomic mass is 32.2. The van der Waals surface area contributed by atoms with E-state index in [1.165, 1.54) is 18.2 Å². The smallest absolute Gasteiger partial charge is 0.182 e. The van der Waals surface area contributed by atoms with Gasteiger partial charge in [0.15, 0.2) is 9.84 Å². The second kappa shape index (κ2) is 4.93. The van der Waals surface area contributed by atoms with Crippen LogP contribution in [0, 0.1) is 6.92 Å². The molecule has 5 heteroatoms. The Morgan fingerprint density at radius 1 is 1.11 bits per heavy atom. The zero-order valence-corrected chi connectivity index (χ0v) is 11.3. The second-order valence-corrected chi connectivity index (χ2v) is 6.41. The number of sulfone groups is 1. The first kappa shape index (κ1) is 13.4. The van der Waals surface area contributed by atoms with Crippen molar-refractivity contribution in [1.29, 1.82) is 0 Å². The average Bonchev–Trinajstić information content (AvgIpc) is 2.35. The summed E-state index contributed by atoms with van der Waals surface area (Å²) in [6.07, 6.45) is 0. The lowest BCUT2D eigenvalue weighted by atomic mass is 10.2. The highest BCUT2D eigenvalue weighted by molar-refractivity contribution is 7.90. The summed E-state index contributed by atoms with van der Waals surface area (Å²) in [4.78, 5) is 0.251. The maximum atomic E-state index is 12.3. The lowest BCUT2D eigenvalue weighted by Crippen LogP contribution is -2.07. The van der Waals surface area contributed by atoms with E-state index >= 15 is 0 Å². The standard InChI is InChI=1S/C14H15NO3S/c1-10-2-5-12(15)8-14(10)19(17,18)9-11-3-6-13(16)7-4-11/h2-8,16H,9,15H2,1H3. The largest absolute Gasteiger partial charge is 0.508 e. The molecule has 100 valence electrons. The molecule has 0 aliphatic carbocycles. The summed E-state index contributed by atoms with van der Waals surface area (Å²) in [6.45, 7) is 1.74. The van der Waals surface area contributed by atoms with E-state index in [-0.39, 0.29) is 16.4 Å². The van der Waals surface area contributed by atoms with E-state index in [9.17, 15) is 13.5 Å². The van der Waals surface area contributed by atoms with Crippen LogP contribution in [0.1, 0.15) is 11.1 Å². The molecule has 3 N–H and O–H groups in total. The van der Waals surface area contributed by atoms with E-state index in [0.717, 1.165) is 0 Å². The number of phenolic OH excluding ortho intramolecular Hbond substituents is 1. The fourth-order valence-corrected chi connectivity index (χ4v) is 3.50. The molecular weight excluding hydrogens is 262 g/mol. The summed E-state index contributed by atoms with van der Waals surface area (Å²) in [5, 5.41) is 9.19. The van der Waals surface area contributed by atoms with Crippen LogP contribution in [0.15, 0.2) is 47.4 Å². The molecule has 0 aliphatic rings. The first-order valence-electron chi connectivity index (χ1n) is 5.75. The third kappa shape index (κ3) is 3.06. The fraction of sp³-hybridized carbons (Fsp3) is 0.143. The second-order valence-electron chi connectivity index (χ2n) is 4.45. The van der Waals surface area contributed by atoms with Gasteiger partial charge in [-0.2, -0.15) is 0 Å². The van der Waals surface area contributed by atoms with Gasteiger partial charge in [-0.05, 0) is 42.3 Å². The van der Waals surface area contributed by atoms with E-state index in [2.05, 4.69) is 0 Å². The number of hydrogen-bond donors (Lipinski definition) is 2. The summed E-state index contributed by atoms with van der Waals surface area (Å²) in [5.74, 6) is -0.00122. The molecule has 0 heterocycles. The molecule has 2 aromatic carbocycles. The number of nitrogen functional groups attached to an aromatic ring is 1. The molecule has 0 radical (unpaired) electrons. The molecule has 0 aliphatic heterocycles. The van der Waals surface area contributed by atoms with Crippen molar-refractivity contribution < 1.29 is 13.5 Å². The van der Waals surface area contributed by atoms with Gasteiger partial charge in [0.05, 0.1) is 10.6 Å². The summed E-state index contributed by atoms with van der Waals surface area (Å²) < 4.78 is 24.7. The Bertz CT molecular complexity index is 691. The van der Waals surface area contributed by atoms with Gasteiger partial charge in [0.25, 0.3) is 0 Å². The van der Waals surface area contributed by atoms with E-state index in [0.29, 0.717) is 16.8 Å². The molecule has 0 saturated carbocycles. The predicted molar refractivity (Wildman–Crippen MR) is 74.6 cm³/mol. The van der Waals surface area contributed by atoms with Crippen LogP contribution in [0.25, 0.3) is 0 Å². The van der Waals surface area contributed by atoms with Crippen molar-refractivity contribution in [3.8, 4) is 5.75 Å². The molecule has 0 saturated heterocycles. The van der Waals surface area contributed by atoms with Crippen molar-refractivity contribution >= 4 is 15.5 Å². The maximum absolute atomic E-state index is 12.3. The van der Waals surface area contributed by atoms with Crippen LogP contribution >= 0.6 is 0 Å². The van der Waals surface area contributed by atoms with Crippen LogP contribution in [0.4, 0.5) is 5.69 Å². The van der Waals surface area contributed by atoms with Crippen LogP contribution in [0.5, 0.6) is 5.75 Å². The number of benzene rings is 2. The fourth-order valence-electron chi connectivity index (χ4n) is 1.84. The number of hydrogen-bond acceptors (Lipinski definition) is 4. The minimum absolute atomic E-state index is 0.112. The number of aromatic hydroxyl groups is 1. The third-order valence-electron chi connectivity index (χ3n) is 2.84. The Morgan fingerprint density at radius 2 is 1.74 bits per heavy atom. The molecule has 0 spiro atoms. The molecule has 2 rings (SSSR count). The van der Waals surface area contributed by atoms with E-state index in [1.807, 2.05) is 0 Å². The molecule has 0 fully saturated rings. The van der Waals surface area contributed by atoms with Crippen LogP contribution < -0.4 is 5.73 Å². The Labute approximate surface area is 112 Å². The topological polar surface area (TPSA) is 80.4 Å². The van der Waals surface area contributed by atoms with Crippen LogP contribution in [0.2, 0.25) is 0 Å². The maximum Gasteiger partial charge on any atom is 0.182 e. The van der Waals surface area contributed by atoms with Crippen LogP contribution in [0.3, 0.4) is 0 Å². The summed E-state index contributed by atoms with van der Waals surface area (Å²) >= 11 is 0. The predicted octanol–water partition coefficient (Wildman–Crippen LogP) is 2.26. The number of nitrogens with two attached hydrogens (primary N) is 1. The molecule has 4 nitrogen and oxygen atoms in total. The van der Waals surface area contributed by atoms with E-state index in [1.54, 1.807) is 31.2 Å². The third-order valence-corrected chi connectivity index (χ3v) is 4.66. The van der Waals surface area contributed by atoms with Gasteiger partial charge in [0, 0.05) is 5.69 Å². The minimum Gasteiger partial charge on any atom is -0.508 e. The monoisotopic (exact) mass is 277 g/mol. The van der Waals surface area contributed by atoms with Gasteiger partial charge in [-0.1, -0.05) is 18.2 Å². The first-order chi connectivity index (χ1) is 8.88. The number of phenols is 1. The van der Waals surface area contributed by atoms with Crippen LogP contribution in [-0.2, 0) is 15.6 Å². The lowest BCUT2D eigenvalue weighted by Gasteiger charge is -2.09. The van der Waals surface area contributed by atoms with Gasteiger partial charge in [0.1, 0.15) is 5.75 Å². The molecule has 0 atom stereocenters. The summed E-state index contributed by atoms with van der Waals surface area (Å²) in [7, 11) is -3.44.